The highest BCUT2D eigenvalue weighted by Crippen LogP contribution is 2.29. The number of furan rings is 1. The zero-order valence-corrected chi connectivity index (χ0v) is 16.4. The van der Waals surface area contributed by atoms with Crippen molar-refractivity contribution in [1.82, 2.24) is 5.32 Å². The third kappa shape index (κ3) is 4.64. The van der Waals surface area contributed by atoms with Crippen molar-refractivity contribution in [3.8, 4) is 0 Å². The Labute approximate surface area is 171 Å². The van der Waals surface area contributed by atoms with Crippen molar-refractivity contribution in [3.05, 3.63) is 93.4 Å². The number of rotatable bonds is 7. The molecule has 1 aromatic heterocycles. The Morgan fingerprint density at radius 2 is 1.86 bits per heavy atom. The van der Waals surface area contributed by atoms with E-state index in [1.165, 1.54) is 54.8 Å². The summed E-state index contributed by atoms with van der Waals surface area (Å²) in [6, 6.07) is 13.8. The van der Waals surface area contributed by atoms with Crippen LogP contribution in [0.3, 0.4) is 0 Å². The van der Waals surface area contributed by atoms with Crippen LogP contribution in [0.4, 0.5) is 5.69 Å². The first kappa shape index (κ1) is 20.6. The Morgan fingerprint density at radius 1 is 1.14 bits per heavy atom. The van der Waals surface area contributed by atoms with Gasteiger partial charge in [0.25, 0.3) is 11.6 Å². The topological polar surface area (TPSA) is 120 Å². The third-order valence-electron chi connectivity index (χ3n) is 4.14. The molecule has 0 aliphatic heterocycles. The second-order valence-corrected chi connectivity index (χ2v) is 8.59. The molecule has 150 valence electrons. The summed E-state index contributed by atoms with van der Waals surface area (Å²) in [7, 11) is -3.92. The number of non-ortho nitro benzene ring substituents is 1. The number of hydrogen-bond donors (Lipinski definition) is 1. The number of nitrogens with zero attached hydrogens (tertiary/aromatic N) is 1. The van der Waals surface area contributed by atoms with Crippen LogP contribution in [0.25, 0.3) is 0 Å². The molecule has 0 fully saturated rings. The number of nitro benzene ring substituents is 1. The van der Waals surface area contributed by atoms with Gasteiger partial charge in [-0.3, -0.25) is 14.9 Å². The maximum Gasteiger partial charge on any atom is 0.270 e. The fourth-order valence-electron chi connectivity index (χ4n) is 2.67. The molecule has 1 heterocycles. The van der Waals surface area contributed by atoms with Gasteiger partial charge in [0.1, 0.15) is 11.0 Å². The lowest BCUT2D eigenvalue weighted by Crippen LogP contribution is -2.31. The van der Waals surface area contributed by atoms with Crippen molar-refractivity contribution in [1.29, 1.82) is 0 Å². The predicted molar refractivity (Wildman–Crippen MR) is 106 cm³/mol. The molecular weight excluding hydrogens is 420 g/mol. The van der Waals surface area contributed by atoms with E-state index in [0.717, 1.165) is 6.07 Å². The molecule has 3 rings (SSSR count). The van der Waals surface area contributed by atoms with Gasteiger partial charge in [0.15, 0.2) is 9.84 Å². The minimum atomic E-state index is -3.92. The minimum absolute atomic E-state index is 0.0212. The summed E-state index contributed by atoms with van der Waals surface area (Å²) in [6.45, 7) is -0.292. The average molecular weight is 435 g/mol. The van der Waals surface area contributed by atoms with Gasteiger partial charge in [-0.25, -0.2) is 8.42 Å². The smallest absolute Gasteiger partial charge is 0.270 e. The van der Waals surface area contributed by atoms with E-state index < -0.39 is 25.9 Å². The first-order valence-electron chi connectivity index (χ1n) is 8.34. The number of hydrogen-bond acceptors (Lipinski definition) is 6. The molecule has 8 nitrogen and oxygen atoms in total. The van der Waals surface area contributed by atoms with Crippen LogP contribution in [0.2, 0.25) is 5.02 Å². The predicted octanol–water partition coefficient (Wildman–Crippen LogP) is 3.79. The molecule has 3 aromatic rings. The normalized spacial score (nSPS) is 12.3. The summed E-state index contributed by atoms with van der Waals surface area (Å²) in [5, 5.41) is 12.6. The zero-order chi connectivity index (χ0) is 21.0. The van der Waals surface area contributed by atoms with Crippen LogP contribution < -0.4 is 5.32 Å². The summed E-state index contributed by atoms with van der Waals surface area (Å²) in [4.78, 5) is 22.7. The number of nitrogens with one attached hydrogen (secondary N) is 1. The maximum absolute atomic E-state index is 13.1. The Balaban J connectivity index is 1.86. The maximum atomic E-state index is 13.1. The van der Waals surface area contributed by atoms with Crippen molar-refractivity contribution >= 4 is 33.0 Å². The zero-order valence-electron chi connectivity index (χ0n) is 14.8. The summed E-state index contributed by atoms with van der Waals surface area (Å²) in [6.07, 6.45) is 1.34. The van der Waals surface area contributed by atoms with Crippen LogP contribution in [0.1, 0.15) is 21.4 Å². The second-order valence-electron chi connectivity index (χ2n) is 6.02. The number of benzene rings is 2. The van der Waals surface area contributed by atoms with Crippen LogP contribution in [0, 0.1) is 10.1 Å². The molecule has 2 aromatic carbocycles. The number of carbonyl (C=O) groups is 1. The highest BCUT2D eigenvalue weighted by atomic mass is 35.5. The van der Waals surface area contributed by atoms with Gasteiger partial charge in [0.05, 0.1) is 16.1 Å². The molecule has 10 heteroatoms. The molecule has 0 spiro atoms. The van der Waals surface area contributed by atoms with Crippen molar-refractivity contribution in [2.24, 2.45) is 0 Å². The Morgan fingerprint density at radius 3 is 2.48 bits per heavy atom. The quantitative estimate of drug-likeness (QED) is 0.446. The number of sulfone groups is 1. The third-order valence-corrected chi connectivity index (χ3v) is 6.47. The van der Waals surface area contributed by atoms with Crippen LogP contribution in [0.5, 0.6) is 0 Å². The van der Waals surface area contributed by atoms with Crippen LogP contribution >= 0.6 is 11.6 Å². The van der Waals surface area contributed by atoms with Crippen LogP contribution in [-0.2, 0) is 9.84 Å². The van der Waals surface area contributed by atoms with Crippen molar-refractivity contribution in [2.45, 2.75) is 10.1 Å². The fourth-order valence-corrected chi connectivity index (χ4v) is 4.39. The minimum Gasteiger partial charge on any atom is -0.468 e. The molecule has 0 saturated heterocycles. The molecule has 1 amide bonds. The molecular formula is C19H15ClN2O6S. The van der Waals surface area contributed by atoms with Gasteiger partial charge < -0.3 is 9.73 Å². The Hall–Kier alpha value is -3.17. The SMILES string of the molecule is O=C(NCC(c1ccco1)S(=O)(=O)c1ccc(Cl)cc1)c1cccc([N+](=O)[O-])c1. The van der Waals surface area contributed by atoms with E-state index in [2.05, 4.69) is 5.32 Å². The molecule has 0 radical (unpaired) electrons. The highest BCUT2D eigenvalue weighted by Gasteiger charge is 2.32. The van der Waals surface area contributed by atoms with E-state index in [0.29, 0.717) is 5.02 Å². The molecule has 0 aliphatic rings. The fraction of sp³-hybridized carbons (Fsp3) is 0.105. The first-order chi connectivity index (χ1) is 13.8. The molecule has 0 aliphatic carbocycles. The van der Waals surface area contributed by atoms with Gasteiger partial charge in [0.2, 0.25) is 0 Å². The average Bonchev–Trinajstić information content (AvgIpc) is 3.22. The number of amides is 1. The van der Waals surface area contributed by atoms with E-state index in [9.17, 15) is 23.3 Å². The van der Waals surface area contributed by atoms with Crippen molar-refractivity contribution in [3.63, 3.8) is 0 Å². The molecule has 0 saturated carbocycles. The summed E-state index contributed by atoms with van der Waals surface area (Å²) in [5.41, 5.74) is -0.199. The van der Waals surface area contributed by atoms with E-state index in [1.807, 2.05) is 0 Å². The number of carbonyl (C=O) groups excluding carboxylic acids is 1. The van der Waals surface area contributed by atoms with Gasteiger partial charge in [-0.15, -0.1) is 0 Å². The van der Waals surface area contributed by atoms with Crippen molar-refractivity contribution in [2.75, 3.05) is 6.54 Å². The van der Waals surface area contributed by atoms with Gasteiger partial charge in [-0.05, 0) is 42.5 Å². The van der Waals surface area contributed by atoms with E-state index in [4.69, 9.17) is 16.0 Å². The van der Waals surface area contributed by atoms with Crippen LogP contribution in [0.15, 0.2) is 76.2 Å². The number of halogens is 1. The standard InChI is InChI=1S/C19H15ClN2O6S/c20-14-6-8-16(9-7-14)29(26,27)18(17-5-2-10-28-17)12-21-19(23)13-3-1-4-15(11-13)22(24)25/h1-11,18H,12H2,(H,21,23). The van der Waals surface area contributed by atoms with Gasteiger partial charge in [-0.1, -0.05) is 17.7 Å². The Bertz CT molecular complexity index is 1130. The Kier molecular flexibility index (Phi) is 6.00. The van der Waals surface area contributed by atoms with Crippen LogP contribution in [-0.4, -0.2) is 25.8 Å². The van der Waals surface area contributed by atoms with E-state index >= 15 is 0 Å². The van der Waals surface area contributed by atoms with Crippen molar-refractivity contribution < 1.29 is 22.6 Å². The van der Waals surface area contributed by atoms with Gasteiger partial charge >= 0.3 is 0 Å². The monoisotopic (exact) mass is 434 g/mol. The lowest BCUT2D eigenvalue weighted by atomic mass is 10.2. The van der Waals surface area contributed by atoms with Gasteiger partial charge in [0, 0.05) is 29.3 Å². The van der Waals surface area contributed by atoms with E-state index in [1.54, 1.807) is 6.07 Å². The molecule has 1 N–H and O–H groups in total. The summed E-state index contributed by atoms with van der Waals surface area (Å²) >= 11 is 5.83. The molecule has 1 atom stereocenters. The first-order valence-corrected chi connectivity index (χ1v) is 10.3. The lowest BCUT2D eigenvalue weighted by Gasteiger charge is -2.17. The second kappa shape index (κ2) is 8.46. The number of nitro groups is 1. The lowest BCUT2D eigenvalue weighted by molar-refractivity contribution is -0.384. The molecule has 29 heavy (non-hydrogen) atoms. The molecule has 1 unspecified atom stereocenters. The van der Waals surface area contributed by atoms with Gasteiger partial charge in [-0.2, -0.15) is 0 Å². The summed E-state index contributed by atoms with van der Waals surface area (Å²) in [5.74, 6) is -0.490. The highest BCUT2D eigenvalue weighted by molar-refractivity contribution is 7.91. The largest absolute Gasteiger partial charge is 0.468 e. The van der Waals surface area contributed by atoms with E-state index in [-0.39, 0.29) is 28.5 Å². The molecule has 0 bridgehead atoms. The summed E-state index contributed by atoms with van der Waals surface area (Å²) < 4.78 is 31.5.